The fraction of sp³-hybridized carbons (Fsp3) is 0.364. The Labute approximate surface area is 108 Å². The highest BCUT2D eigenvalue weighted by Gasteiger charge is 2.11. The Morgan fingerprint density at radius 1 is 1.62 bits per heavy atom. The average molecular weight is 304 g/mol. The van der Waals surface area contributed by atoms with Gasteiger partial charge in [0.05, 0.1) is 18.5 Å². The molecular formula is C11H12BrClN2O. The van der Waals surface area contributed by atoms with Crippen LogP contribution in [0.15, 0.2) is 29.1 Å². The Hall–Kier alpha value is -0.740. The number of allylic oxidation sites excluding steroid dienone is 1. The first-order valence-corrected chi connectivity index (χ1v) is 6.28. The van der Waals surface area contributed by atoms with E-state index in [9.17, 15) is 0 Å². The van der Waals surface area contributed by atoms with E-state index >= 15 is 0 Å². The molecular weight excluding hydrogens is 291 g/mol. The molecule has 86 valence electrons. The third-order valence-electron chi connectivity index (χ3n) is 2.35. The summed E-state index contributed by atoms with van der Waals surface area (Å²) in [6.07, 6.45) is 7.77. The molecule has 0 saturated heterocycles. The van der Waals surface area contributed by atoms with Gasteiger partial charge in [-0.1, -0.05) is 11.6 Å². The van der Waals surface area contributed by atoms with Crippen LogP contribution in [0.1, 0.15) is 12.8 Å². The van der Waals surface area contributed by atoms with Crippen molar-refractivity contribution in [2.24, 2.45) is 0 Å². The molecule has 0 spiro atoms. The van der Waals surface area contributed by atoms with Crippen LogP contribution in [0.25, 0.3) is 0 Å². The minimum Gasteiger partial charge on any atom is -0.497 e. The van der Waals surface area contributed by atoms with E-state index in [2.05, 4.69) is 26.2 Å². The largest absolute Gasteiger partial charge is 0.497 e. The summed E-state index contributed by atoms with van der Waals surface area (Å²) in [6, 6.07) is 1.91. The van der Waals surface area contributed by atoms with Gasteiger partial charge < -0.3 is 10.1 Å². The molecule has 2 heterocycles. The van der Waals surface area contributed by atoms with Crippen molar-refractivity contribution in [3.8, 4) is 0 Å². The maximum absolute atomic E-state index is 5.96. The Kier molecular flexibility index (Phi) is 4.07. The van der Waals surface area contributed by atoms with Gasteiger partial charge in [0.1, 0.15) is 6.10 Å². The van der Waals surface area contributed by atoms with Crippen LogP contribution in [-0.4, -0.2) is 17.6 Å². The molecule has 0 aliphatic carbocycles. The third-order valence-corrected chi connectivity index (χ3v) is 3.08. The molecule has 1 N–H and O–H groups in total. The van der Waals surface area contributed by atoms with Crippen molar-refractivity contribution in [2.75, 3.05) is 11.9 Å². The van der Waals surface area contributed by atoms with E-state index in [1.165, 1.54) is 0 Å². The zero-order valence-electron chi connectivity index (χ0n) is 8.62. The lowest BCUT2D eigenvalue weighted by atomic mass is 10.1. The first-order chi connectivity index (χ1) is 7.75. The summed E-state index contributed by atoms with van der Waals surface area (Å²) in [5.74, 6) is 0. The number of anilines is 1. The third kappa shape index (κ3) is 3.12. The predicted octanol–water partition coefficient (Wildman–Crippen LogP) is 3.60. The second kappa shape index (κ2) is 5.55. The van der Waals surface area contributed by atoms with Crippen molar-refractivity contribution >= 4 is 33.2 Å². The Morgan fingerprint density at radius 3 is 3.25 bits per heavy atom. The van der Waals surface area contributed by atoms with Gasteiger partial charge in [0, 0.05) is 10.7 Å². The van der Waals surface area contributed by atoms with Crippen LogP contribution in [0.4, 0.5) is 5.69 Å². The minimum absolute atomic E-state index is 0.208. The molecule has 1 atom stereocenters. The van der Waals surface area contributed by atoms with E-state index in [1.54, 1.807) is 12.5 Å². The maximum Gasteiger partial charge on any atom is 0.152 e. The van der Waals surface area contributed by atoms with Gasteiger partial charge >= 0.3 is 0 Å². The first-order valence-electron chi connectivity index (χ1n) is 5.11. The van der Waals surface area contributed by atoms with Crippen LogP contribution in [0.5, 0.6) is 0 Å². The van der Waals surface area contributed by atoms with Gasteiger partial charge in [-0.05, 0) is 40.9 Å². The van der Waals surface area contributed by atoms with Gasteiger partial charge in [-0.15, -0.1) is 0 Å². The summed E-state index contributed by atoms with van der Waals surface area (Å²) < 4.78 is 6.36. The SMILES string of the molecule is Clc1ncc(Br)cc1NCC1CCC=CO1. The van der Waals surface area contributed by atoms with Crippen LogP contribution in [0.3, 0.4) is 0 Å². The molecule has 0 amide bonds. The Balaban J connectivity index is 1.93. The fourth-order valence-corrected chi connectivity index (χ4v) is 2.01. The molecule has 0 fully saturated rings. The van der Waals surface area contributed by atoms with Crippen LogP contribution in [-0.2, 0) is 4.74 Å². The molecule has 1 aromatic heterocycles. The molecule has 16 heavy (non-hydrogen) atoms. The van der Waals surface area contributed by atoms with E-state index in [-0.39, 0.29) is 6.10 Å². The molecule has 1 aliphatic rings. The number of nitrogens with one attached hydrogen (secondary N) is 1. The van der Waals surface area contributed by atoms with Gasteiger partial charge in [0.2, 0.25) is 0 Å². The smallest absolute Gasteiger partial charge is 0.152 e. The molecule has 5 heteroatoms. The Bertz CT molecular complexity index is 398. The number of nitrogens with zero attached hydrogens (tertiary/aromatic N) is 1. The highest BCUT2D eigenvalue weighted by molar-refractivity contribution is 9.10. The van der Waals surface area contributed by atoms with Crippen molar-refractivity contribution in [1.82, 2.24) is 4.98 Å². The standard InChI is InChI=1S/C11H12BrClN2O/c12-8-5-10(11(13)15-6-8)14-7-9-3-1-2-4-16-9/h2,4-6,9,14H,1,3,7H2. The molecule has 0 radical (unpaired) electrons. The van der Waals surface area contributed by atoms with E-state index < -0.39 is 0 Å². The first kappa shape index (κ1) is 11.7. The number of ether oxygens (including phenoxy) is 1. The predicted molar refractivity (Wildman–Crippen MR) is 68.7 cm³/mol. The maximum atomic E-state index is 5.96. The van der Waals surface area contributed by atoms with Gasteiger partial charge in [-0.3, -0.25) is 0 Å². The van der Waals surface area contributed by atoms with Gasteiger partial charge in [-0.2, -0.15) is 0 Å². The van der Waals surface area contributed by atoms with Crippen LogP contribution in [0.2, 0.25) is 5.15 Å². The normalized spacial score (nSPS) is 19.2. The average Bonchev–Trinajstić information content (AvgIpc) is 2.32. The quantitative estimate of drug-likeness (QED) is 0.866. The van der Waals surface area contributed by atoms with Crippen molar-refractivity contribution in [3.63, 3.8) is 0 Å². The van der Waals surface area contributed by atoms with Crippen LogP contribution < -0.4 is 5.32 Å². The number of hydrogen-bond acceptors (Lipinski definition) is 3. The monoisotopic (exact) mass is 302 g/mol. The van der Waals surface area contributed by atoms with E-state index in [0.29, 0.717) is 5.15 Å². The van der Waals surface area contributed by atoms with E-state index in [0.717, 1.165) is 29.5 Å². The number of halogens is 2. The highest BCUT2D eigenvalue weighted by atomic mass is 79.9. The molecule has 3 nitrogen and oxygen atoms in total. The molecule has 0 bridgehead atoms. The van der Waals surface area contributed by atoms with Gasteiger partial charge in [0.15, 0.2) is 5.15 Å². The van der Waals surface area contributed by atoms with E-state index in [4.69, 9.17) is 16.3 Å². The summed E-state index contributed by atoms with van der Waals surface area (Å²) in [7, 11) is 0. The van der Waals surface area contributed by atoms with Gasteiger partial charge in [0.25, 0.3) is 0 Å². The van der Waals surface area contributed by atoms with Gasteiger partial charge in [-0.25, -0.2) is 4.98 Å². The minimum atomic E-state index is 0.208. The lowest BCUT2D eigenvalue weighted by Gasteiger charge is -2.20. The topological polar surface area (TPSA) is 34.2 Å². The number of pyridine rings is 1. The molecule has 1 unspecified atom stereocenters. The zero-order chi connectivity index (χ0) is 11.4. The molecule has 1 aliphatic heterocycles. The molecule has 0 saturated carbocycles. The molecule has 1 aromatic rings. The number of hydrogen-bond donors (Lipinski definition) is 1. The Morgan fingerprint density at radius 2 is 2.50 bits per heavy atom. The number of rotatable bonds is 3. The van der Waals surface area contributed by atoms with Crippen LogP contribution >= 0.6 is 27.5 Å². The summed E-state index contributed by atoms with van der Waals surface area (Å²) in [4.78, 5) is 4.04. The van der Waals surface area contributed by atoms with Crippen molar-refractivity contribution in [1.29, 1.82) is 0 Å². The second-order valence-electron chi connectivity index (χ2n) is 3.58. The zero-order valence-corrected chi connectivity index (χ0v) is 11.0. The second-order valence-corrected chi connectivity index (χ2v) is 4.85. The summed E-state index contributed by atoms with van der Waals surface area (Å²) in [5, 5.41) is 3.72. The molecule has 0 aromatic carbocycles. The fourth-order valence-electron chi connectivity index (χ4n) is 1.51. The van der Waals surface area contributed by atoms with Crippen molar-refractivity contribution < 1.29 is 4.74 Å². The van der Waals surface area contributed by atoms with Crippen molar-refractivity contribution in [3.05, 3.63) is 34.2 Å². The lowest BCUT2D eigenvalue weighted by molar-refractivity contribution is 0.135. The molecule has 2 rings (SSSR count). The summed E-state index contributed by atoms with van der Waals surface area (Å²) >= 11 is 9.32. The number of aromatic nitrogens is 1. The van der Waals surface area contributed by atoms with E-state index in [1.807, 2.05) is 12.1 Å². The summed E-state index contributed by atoms with van der Waals surface area (Å²) in [5.41, 5.74) is 0.828. The lowest BCUT2D eigenvalue weighted by Crippen LogP contribution is -2.23. The van der Waals surface area contributed by atoms with Crippen molar-refractivity contribution in [2.45, 2.75) is 18.9 Å². The van der Waals surface area contributed by atoms with Crippen LogP contribution in [0, 0.1) is 0 Å². The highest BCUT2D eigenvalue weighted by Crippen LogP contribution is 2.23. The summed E-state index contributed by atoms with van der Waals surface area (Å²) in [6.45, 7) is 0.738.